The van der Waals surface area contributed by atoms with Crippen LogP contribution in [-0.2, 0) is 4.57 Å². The maximum absolute atomic E-state index is 15.2. The Bertz CT molecular complexity index is 1090. The molecule has 0 aromatic heterocycles. The van der Waals surface area contributed by atoms with Gasteiger partial charge in [0.1, 0.15) is 0 Å². The smallest absolute Gasteiger partial charge is 0.171 e. The number of aryl methyl sites for hydroxylation is 4. The van der Waals surface area contributed by atoms with Gasteiger partial charge in [0.2, 0.25) is 0 Å². The lowest BCUT2D eigenvalue weighted by Gasteiger charge is -2.25. The molecule has 0 aliphatic rings. The Morgan fingerprint density at radius 3 is 1.57 bits per heavy atom. The normalized spacial score (nSPS) is 12.1. The quantitative estimate of drug-likeness (QED) is 0.300. The SMILES string of the molecule is C=C(C)/C=C(\c1ccc(Cl)cc1)P(=O)(c1cc(C)cc(C)c1)c1cc(C)cc(C)c1. The number of hydrogen-bond acceptors (Lipinski definition) is 1. The predicted octanol–water partition coefficient (Wildman–Crippen LogP) is 7.50. The van der Waals surface area contributed by atoms with E-state index in [1.807, 2.05) is 89.2 Å². The standard InChI is InChI=1S/C27H28ClOP/c1-18(2)11-27(23-7-9-24(28)10-8-23)30(29,25-14-19(3)12-20(4)15-25)26-16-21(5)13-22(6)17-26/h7-17H,1H2,2-6H3/b27-11+. The van der Waals surface area contributed by atoms with E-state index in [1.54, 1.807) is 0 Å². The zero-order chi connectivity index (χ0) is 22.1. The summed E-state index contributed by atoms with van der Waals surface area (Å²) in [7, 11) is -3.18. The van der Waals surface area contributed by atoms with Gasteiger partial charge in [0.05, 0.1) is 0 Å². The van der Waals surface area contributed by atoms with E-state index < -0.39 is 7.14 Å². The van der Waals surface area contributed by atoms with Gasteiger partial charge in [0.25, 0.3) is 0 Å². The van der Waals surface area contributed by atoms with Crippen molar-refractivity contribution in [2.45, 2.75) is 34.6 Å². The van der Waals surface area contributed by atoms with E-state index in [1.165, 1.54) is 0 Å². The summed E-state index contributed by atoms with van der Waals surface area (Å²) in [5.74, 6) is 0. The molecule has 0 N–H and O–H groups in total. The minimum absolute atomic E-state index is 0.654. The summed E-state index contributed by atoms with van der Waals surface area (Å²) in [5, 5.41) is 3.11. The van der Waals surface area contributed by atoms with Crippen molar-refractivity contribution in [1.29, 1.82) is 0 Å². The fourth-order valence-corrected chi connectivity index (χ4v) is 7.34. The first kappa shape index (κ1) is 22.3. The van der Waals surface area contributed by atoms with Gasteiger partial charge in [-0.25, -0.2) is 0 Å². The molecule has 0 unspecified atom stereocenters. The molecule has 154 valence electrons. The highest BCUT2D eigenvalue weighted by Gasteiger charge is 2.33. The van der Waals surface area contributed by atoms with E-state index in [0.29, 0.717) is 5.02 Å². The highest BCUT2D eigenvalue weighted by atomic mass is 35.5. The van der Waals surface area contributed by atoms with Crippen molar-refractivity contribution < 1.29 is 4.57 Å². The molecule has 0 saturated heterocycles. The molecular formula is C27H28ClOP. The van der Waals surface area contributed by atoms with Crippen molar-refractivity contribution in [2.75, 3.05) is 0 Å². The Balaban J connectivity index is 2.43. The van der Waals surface area contributed by atoms with Gasteiger partial charge in [-0.05, 0) is 82.7 Å². The van der Waals surface area contributed by atoms with Crippen LogP contribution in [0.5, 0.6) is 0 Å². The Labute approximate surface area is 185 Å². The molecule has 3 aromatic rings. The van der Waals surface area contributed by atoms with Crippen molar-refractivity contribution in [1.82, 2.24) is 0 Å². The van der Waals surface area contributed by atoms with Crippen LogP contribution in [0.4, 0.5) is 0 Å². The van der Waals surface area contributed by atoms with E-state index >= 15 is 4.57 Å². The van der Waals surface area contributed by atoms with Gasteiger partial charge in [-0.1, -0.05) is 70.3 Å². The minimum atomic E-state index is -3.18. The highest BCUT2D eigenvalue weighted by Crippen LogP contribution is 2.57. The molecule has 1 nitrogen and oxygen atoms in total. The van der Waals surface area contributed by atoms with Gasteiger partial charge in [0, 0.05) is 20.9 Å². The van der Waals surface area contributed by atoms with Crippen molar-refractivity contribution in [3.8, 4) is 0 Å². The Hall–Kier alpha value is -2.34. The van der Waals surface area contributed by atoms with E-state index in [2.05, 4.69) is 18.7 Å². The van der Waals surface area contributed by atoms with Gasteiger partial charge >= 0.3 is 0 Å². The molecule has 3 rings (SSSR count). The molecule has 3 aromatic carbocycles. The minimum Gasteiger partial charge on any atom is -0.309 e. The van der Waals surface area contributed by atoms with E-state index in [-0.39, 0.29) is 0 Å². The first-order valence-corrected chi connectivity index (χ1v) is 12.1. The van der Waals surface area contributed by atoms with Crippen LogP contribution in [0, 0.1) is 27.7 Å². The molecule has 0 aliphatic carbocycles. The zero-order valence-corrected chi connectivity index (χ0v) is 19.9. The predicted molar refractivity (Wildman–Crippen MR) is 133 cm³/mol. The maximum Gasteiger partial charge on any atom is 0.171 e. The van der Waals surface area contributed by atoms with E-state index in [0.717, 1.165) is 49.3 Å². The topological polar surface area (TPSA) is 17.1 Å². The average Bonchev–Trinajstić information content (AvgIpc) is 2.64. The van der Waals surface area contributed by atoms with Gasteiger partial charge in [-0.2, -0.15) is 0 Å². The highest BCUT2D eigenvalue weighted by molar-refractivity contribution is 7.87. The Kier molecular flexibility index (Phi) is 6.56. The molecule has 0 fully saturated rings. The summed E-state index contributed by atoms with van der Waals surface area (Å²) < 4.78 is 15.2. The molecule has 0 amide bonds. The van der Waals surface area contributed by atoms with Crippen LogP contribution in [0.3, 0.4) is 0 Å². The Morgan fingerprint density at radius 1 is 0.800 bits per heavy atom. The molecular weight excluding hydrogens is 407 g/mol. The van der Waals surface area contributed by atoms with Crippen LogP contribution in [0.15, 0.2) is 78.9 Å². The van der Waals surface area contributed by atoms with Crippen LogP contribution in [0.25, 0.3) is 5.31 Å². The first-order chi connectivity index (χ1) is 14.1. The molecule has 0 bridgehead atoms. The van der Waals surface area contributed by atoms with Crippen LogP contribution in [0.1, 0.15) is 34.7 Å². The molecule has 0 atom stereocenters. The van der Waals surface area contributed by atoms with Crippen molar-refractivity contribution in [3.05, 3.63) is 112 Å². The van der Waals surface area contributed by atoms with E-state index in [4.69, 9.17) is 11.6 Å². The number of hydrogen-bond donors (Lipinski definition) is 0. The second-order valence-electron chi connectivity index (χ2n) is 8.18. The van der Waals surface area contributed by atoms with Gasteiger partial charge < -0.3 is 4.57 Å². The van der Waals surface area contributed by atoms with Crippen LogP contribution in [0.2, 0.25) is 5.02 Å². The third kappa shape index (κ3) is 4.69. The summed E-state index contributed by atoms with van der Waals surface area (Å²) in [6.07, 6.45) is 1.96. The summed E-state index contributed by atoms with van der Waals surface area (Å²) >= 11 is 6.15. The fourth-order valence-electron chi connectivity index (χ4n) is 3.90. The molecule has 0 spiro atoms. The first-order valence-electron chi connectivity index (χ1n) is 10.0. The lowest BCUT2D eigenvalue weighted by atomic mass is 10.1. The summed E-state index contributed by atoms with van der Waals surface area (Å²) in [6, 6.07) is 20.0. The number of halogens is 1. The Morgan fingerprint density at radius 2 is 1.20 bits per heavy atom. The number of benzene rings is 3. The third-order valence-corrected chi connectivity index (χ3v) is 8.29. The molecule has 30 heavy (non-hydrogen) atoms. The molecule has 3 heteroatoms. The maximum atomic E-state index is 15.2. The monoisotopic (exact) mass is 434 g/mol. The number of allylic oxidation sites excluding steroid dienone is 2. The number of rotatable bonds is 5. The summed E-state index contributed by atoms with van der Waals surface area (Å²) in [5.41, 5.74) is 6.14. The summed E-state index contributed by atoms with van der Waals surface area (Å²) in [6.45, 7) is 14.2. The van der Waals surface area contributed by atoms with Gasteiger partial charge in [0.15, 0.2) is 7.14 Å². The van der Waals surface area contributed by atoms with Crippen molar-refractivity contribution in [2.24, 2.45) is 0 Å². The van der Waals surface area contributed by atoms with Crippen LogP contribution in [-0.4, -0.2) is 0 Å². The lowest BCUT2D eigenvalue weighted by Crippen LogP contribution is -2.19. The molecule has 0 heterocycles. The van der Waals surface area contributed by atoms with E-state index in [9.17, 15) is 0 Å². The molecule has 0 saturated carbocycles. The van der Waals surface area contributed by atoms with Crippen LogP contribution >= 0.6 is 18.7 Å². The van der Waals surface area contributed by atoms with Gasteiger partial charge in [-0.15, -0.1) is 0 Å². The zero-order valence-electron chi connectivity index (χ0n) is 18.3. The van der Waals surface area contributed by atoms with Crippen molar-refractivity contribution >= 4 is 34.7 Å². The summed E-state index contributed by atoms with van der Waals surface area (Å²) in [4.78, 5) is 0. The average molecular weight is 435 g/mol. The van der Waals surface area contributed by atoms with Crippen molar-refractivity contribution in [3.63, 3.8) is 0 Å². The fraction of sp³-hybridized carbons (Fsp3) is 0.185. The largest absolute Gasteiger partial charge is 0.309 e. The molecule has 0 aliphatic heterocycles. The third-order valence-electron chi connectivity index (χ3n) is 5.00. The van der Waals surface area contributed by atoms with Gasteiger partial charge in [-0.3, -0.25) is 0 Å². The second-order valence-corrected chi connectivity index (χ2v) is 11.4. The second kappa shape index (κ2) is 8.80. The molecule has 0 radical (unpaired) electrons. The van der Waals surface area contributed by atoms with Crippen LogP contribution < -0.4 is 10.6 Å². The lowest BCUT2D eigenvalue weighted by molar-refractivity contribution is 0.593.